The van der Waals surface area contributed by atoms with Crippen molar-refractivity contribution in [2.24, 2.45) is 5.84 Å². The van der Waals surface area contributed by atoms with Gasteiger partial charge in [0, 0.05) is 22.3 Å². The van der Waals surface area contributed by atoms with Crippen LogP contribution in [0.2, 0.25) is 0 Å². The minimum absolute atomic E-state index is 0.164. The summed E-state index contributed by atoms with van der Waals surface area (Å²) in [6.45, 7) is 2.26. The Kier molecular flexibility index (Phi) is 4.70. The quantitative estimate of drug-likeness (QED) is 0.592. The van der Waals surface area contributed by atoms with E-state index < -0.39 is 0 Å². The molecule has 2 rings (SSSR count). The maximum atomic E-state index is 12.1. The molecular formula is C14H15BrN4O. The van der Waals surface area contributed by atoms with Gasteiger partial charge in [-0.2, -0.15) is 0 Å². The Morgan fingerprint density at radius 3 is 2.80 bits per heavy atom. The molecule has 0 aliphatic heterocycles. The van der Waals surface area contributed by atoms with Crippen molar-refractivity contribution in [2.75, 3.05) is 5.43 Å². The summed E-state index contributed by atoms with van der Waals surface area (Å²) < 4.78 is 0.968. The number of halogens is 1. The molecule has 20 heavy (non-hydrogen) atoms. The lowest BCUT2D eigenvalue weighted by Gasteiger charge is -2.09. The molecule has 0 saturated carbocycles. The zero-order valence-corrected chi connectivity index (χ0v) is 12.6. The summed E-state index contributed by atoms with van der Waals surface area (Å²) in [7, 11) is 0. The number of aryl methyl sites for hydroxylation is 1. The van der Waals surface area contributed by atoms with Crippen LogP contribution in [0.5, 0.6) is 0 Å². The van der Waals surface area contributed by atoms with Crippen LogP contribution in [0.25, 0.3) is 0 Å². The third kappa shape index (κ3) is 3.55. The lowest BCUT2D eigenvalue weighted by molar-refractivity contribution is 0.0950. The molecular weight excluding hydrogens is 320 g/mol. The molecule has 6 heteroatoms. The van der Waals surface area contributed by atoms with E-state index in [0.29, 0.717) is 17.9 Å². The number of rotatable bonds is 4. The van der Waals surface area contributed by atoms with Gasteiger partial charge in [-0.1, -0.05) is 34.1 Å². The molecule has 0 fully saturated rings. The second kappa shape index (κ2) is 6.49. The van der Waals surface area contributed by atoms with Crippen LogP contribution in [0.3, 0.4) is 0 Å². The van der Waals surface area contributed by atoms with Crippen LogP contribution in [0.4, 0.5) is 5.82 Å². The molecule has 2 aromatic rings. The first-order valence-corrected chi connectivity index (χ1v) is 6.86. The molecule has 0 aliphatic rings. The fourth-order valence-corrected chi connectivity index (χ4v) is 2.22. The topological polar surface area (TPSA) is 80.0 Å². The smallest absolute Gasteiger partial charge is 0.251 e. The van der Waals surface area contributed by atoms with E-state index in [-0.39, 0.29) is 5.91 Å². The fourth-order valence-electron chi connectivity index (χ4n) is 1.79. The Morgan fingerprint density at radius 1 is 1.35 bits per heavy atom. The van der Waals surface area contributed by atoms with Crippen molar-refractivity contribution in [3.05, 3.63) is 57.7 Å². The zero-order valence-electron chi connectivity index (χ0n) is 11.0. The van der Waals surface area contributed by atoms with E-state index >= 15 is 0 Å². The molecule has 1 heterocycles. The number of anilines is 1. The predicted molar refractivity (Wildman–Crippen MR) is 82.1 cm³/mol. The molecule has 0 atom stereocenters. The predicted octanol–water partition coefficient (Wildman–Crippen LogP) is 2.37. The van der Waals surface area contributed by atoms with Crippen molar-refractivity contribution in [2.45, 2.75) is 13.5 Å². The van der Waals surface area contributed by atoms with Gasteiger partial charge in [0.15, 0.2) is 0 Å². The van der Waals surface area contributed by atoms with Crippen LogP contribution >= 0.6 is 15.9 Å². The second-order valence-electron chi connectivity index (χ2n) is 4.30. The van der Waals surface area contributed by atoms with E-state index in [1.54, 1.807) is 12.1 Å². The van der Waals surface area contributed by atoms with Crippen molar-refractivity contribution in [1.29, 1.82) is 0 Å². The molecule has 0 bridgehead atoms. The van der Waals surface area contributed by atoms with Gasteiger partial charge in [0.25, 0.3) is 5.91 Å². The number of nitrogen functional groups attached to an aromatic ring is 1. The molecule has 4 N–H and O–H groups in total. The van der Waals surface area contributed by atoms with Crippen LogP contribution in [0.15, 0.2) is 40.9 Å². The Bertz CT molecular complexity index is 630. The minimum atomic E-state index is -0.164. The van der Waals surface area contributed by atoms with Crippen LogP contribution in [0.1, 0.15) is 21.6 Å². The van der Waals surface area contributed by atoms with Gasteiger partial charge < -0.3 is 10.7 Å². The standard InChI is InChI=1S/C14H15BrN4O/c1-9-6-11(7-13(18-9)19-16)14(20)17-8-10-4-2-3-5-12(10)15/h2-7H,8,16H2,1H3,(H,17,20)(H,18,19). The Labute approximate surface area is 125 Å². The second-order valence-corrected chi connectivity index (χ2v) is 5.16. The summed E-state index contributed by atoms with van der Waals surface area (Å²) in [5, 5.41) is 2.87. The van der Waals surface area contributed by atoms with Crippen molar-refractivity contribution < 1.29 is 4.79 Å². The maximum absolute atomic E-state index is 12.1. The molecule has 0 radical (unpaired) electrons. The number of carbonyl (C=O) groups is 1. The highest BCUT2D eigenvalue weighted by atomic mass is 79.9. The van der Waals surface area contributed by atoms with Crippen molar-refractivity contribution in [3.8, 4) is 0 Å². The molecule has 0 aliphatic carbocycles. The van der Waals surface area contributed by atoms with E-state index in [1.807, 2.05) is 31.2 Å². The van der Waals surface area contributed by atoms with Gasteiger partial charge in [-0.15, -0.1) is 0 Å². The van der Waals surface area contributed by atoms with Gasteiger partial charge in [0.05, 0.1) is 0 Å². The number of pyridine rings is 1. The zero-order chi connectivity index (χ0) is 14.5. The Balaban J connectivity index is 2.09. The molecule has 5 nitrogen and oxygen atoms in total. The van der Waals surface area contributed by atoms with E-state index in [2.05, 4.69) is 31.7 Å². The highest BCUT2D eigenvalue weighted by Crippen LogP contribution is 2.16. The molecule has 0 spiro atoms. The summed E-state index contributed by atoms with van der Waals surface area (Å²) in [5.74, 6) is 5.63. The molecule has 0 unspecified atom stereocenters. The maximum Gasteiger partial charge on any atom is 0.251 e. The summed E-state index contributed by atoms with van der Waals surface area (Å²) >= 11 is 3.45. The highest BCUT2D eigenvalue weighted by molar-refractivity contribution is 9.10. The van der Waals surface area contributed by atoms with E-state index in [0.717, 1.165) is 15.7 Å². The first-order chi connectivity index (χ1) is 9.60. The van der Waals surface area contributed by atoms with Crippen LogP contribution in [0, 0.1) is 6.92 Å². The summed E-state index contributed by atoms with van der Waals surface area (Å²) in [6.07, 6.45) is 0. The van der Waals surface area contributed by atoms with Crippen LogP contribution in [-0.4, -0.2) is 10.9 Å². The first-order valence-electron chi connectivity index (χ1n) is 6.07. The number of nitrogens with two attached hydrogens (primary N) is 1. The molecule has 1 amide bonds. The number of nitrogens with zero attached hydrogens (tertiary/aromatic N) is 1. The van der Waals surface area contributed by atoms with Crippen molar-refractivity contribution in [3.63, 3.8) is 0 Å². The van der Waals surface area contributed by atoms with Gasteiger partial charge in [0.1, 0.15) is 5.82 Å². The van der Waals surface area contributed by atoms with Gasteiger partial charge >= 0.3 is 0 Å². The van der Waals surface area contributed by atoms with Gasteiger partial charge in [0.2, 0.25) is 0 Å². The number of amides is 1. The SMILES string of the molecule is Cc1cc(C(=O)NCc2ccccc2Br)cc(NN)n1. The van der Waals surface area contributed by atoms with Crippen LogP contribution < -0.4 is 16.6 Å². The molecule has 104 valence electrons. The number of hydrogen-bond donors (Lipinski definition) is 3. The summed E-state index contributed by atoms with van der Waals surface area (Å²) in [6, 6.07) is 11.1. The van der Waals surface area contributed by atoms with Gasteiger partial charge in [-0.3, -0.25) is 4.79 Å². The third-order valence-electron chi connectivity index (χ3n) is 2.76. The Morgan fingerprint density at radius 2 is 2.10 bits per heavy atom. The number of benzene rings is 1. The minimum Gasteiger partial charge on any atom is -0.348 e. The monoisotopic (exact) mass is 334 g/mol. The summed E-state index contributed by atoms with van der Waals surface area (Å²) in [5.41, 5.74) is 4.72. The number of nitrogens with one attached hydrogen (secondary N) is 2. The third-order valence-corrected chi connectivity index (χ3v) is 3.53. The van der Waals surface area contributed by atoms with Gasteiger partial charge in [-0.05, 0) is 30.7 Å². The van der Waals surface area contributed by atoms with Crippen LogP contribution in [-0.2, 0) is 6.54 Å². The number of aromatic nitrogens is 1. The molecule has 1 aromatic carbocycles. The van der Waals surface area contributed by atoms with E-state index in [4.69, 9.17) is 5.84 Å². The number of carbonyl (C=O) groups excluding carboxylic acids is 1. The summed E-state index contributed by atoms with van der Waals surface area (Å²) in [4.78, 5) is 16.3. The van der Waals surface area contributed by atoms with Crippen molar-refractivity contribution >= 4 is 27.7 Å². The fraction of sp³-hybridized carbons (Fsp3) is 0.143. The average molecular weight is 335 g/mol. The van der Waals surface area contributed by atoms with E-state index in [1.165, 1.54) is 0 Å². The highest BCUT2D eigenvalue weighted by Gasteiger charge is 2.09. The van der Waals surface area contributed by atoms with E-state index in [9.17, 15) is 4.79 Å². The van der Waals surface area contributed by atoms with Crippen molar-refractivity contribution in [1.82, 2.24) is 10.3 Å². The lowest BCUT2D eigenvalue weighted by Crippen LogP contribution is -2.23. The Hall–Kier alpha value is -1.92. The lowest BCUT2D eigenvalue weighted by atomic mass is 10.2. The molecule has 1 aromatic heterocycles. The van der Waals surface area contributed by atoms with Gasteiger partial charge in [-0.25, -0.2) is 10.8 Å². The number of hydrazine groups is 1. The number of hydrogen-bond acceptors (Lipinski definition) is 4. The molecule has 0 saturated heterocycles. The average Bonchev–Trinajstić information content (AvgIpc) is 2.45. The first kappa shape index (κ1) is 14.5. The normalized spacial score (nSPS) is 10.2. The largest absolute Gasteiger partial charge is 0.348 e.